The van der Waals surface area contributed by atoms with Crippen molar-refractivity contribution in [3.63, 3.8) is 0 Å². The summed E-state index contributed by atoms with van der Waals surface area (Å²) in [4.78, 5) is 47.1. The fraction of sp³-hybridized carbons (Fsp3) is 0.909. The van der Waals surface area contributed by atoms with E-state index in [0.717, 1.165) is 50.7 Å². The van der Waals surface area contributed by atoms with Crippen molar-refractivity contribution in [2.24, 2.45) is 0 Å². The summed E-state index contributed by atoms with van der Waals surface area (Å²) >= 11 is 1.90. The van der Waals surface area contributed by atoms with Crippen LogP contribution in [0.3, 0.4) is 0 Å². The molecule has 3 unspecified atom stereocenters. The topological polar surface area (TPSA) is 245 Å². The van der Waals surface area contributed by atoms with Crippen LogP contribution >= 0.6 is 11.8 Å². The van der Waals surface area contributed by atoms with E-state index in [1.54, 1.807) is 0 Å². The first-order valence-corrected chi connectivity index (χ1v) is 25.3. The summed E-state index contributed by atoms with van der Waals surface area (Å²) in [5.74, 6) is 0.993. The van der Waals surface area contributed by atoms with Gasteiger partial charge in [0.15, 0.2) is 0 Å². The van der Waals surface area contributed by atoms with E-state index in [0.29, 0.717) is 177 Å². The summed E-state index contributed by atoms with van der Waals surface area (Å²) in [5.41, 5.74) is 0. The predicted molar refractivity (Wildman–Crippen MR) is 251 cm³/mol. The third-order valence-corrected chi connectivity index (χ3v) is 11.5. The molecule has 0 bridgehead atoms. The third-order valence-electron chi connectivity index (χ3n) is 10.0. The number of nitrogens with one attached hydrogen (secondary N) is 7. The van der Waals surface area contributed by atoms with Crippen LogP contribution in [0.4, 0.5) is 14.4 Å². The fourth-order valence-electron chi connectivity index (χ4n) is 6.48. The largest absolute Gasteiger partial charge is 0.377 e. The zero-order chi connectivity index (χ0) is 47.2. The smallest absolute Gasteiger partial charge is 0.315 e. The SMILES string of the molecule is CCCCCCNC(=O)NCCCCNC(=O)NCCOCCOCCOCCOCCOCCOCCOCCOCCOCCOCCNC(=O)CCCCC1SCC2NC(=O)NC21. The van der Waals surface area contributed by atoms with Gasteiger partial charge in [-0.1, -0.05) is 32.6 Å². The molecular formula is C44H85N7O14S. The Morgan fingerprint density at radius 1 is 0.470 bits per heavy atom. The molecule has 0 aromatic heterocycles. The quantitative estimate of drug-likeness (QED) is 0.0341. The van der Waals surface area contributed by atoms with Crippen LogP contribution in [0.2, 0.25) is 0 Å². The van der Waals surface area contributed by atoms with Crippen LogP contribution < -0.4 is 37.2 Å². The highest BCUT2D eigenvalue weighted by molar-refractivity contribution is 8.00. The van der Waals surface area contributed by atoms with Crippen molar-refractivity contribution in [2.75, 3.05) is 171 Å². The molecule has 0 aliphatic carbocycles. The number of amides is 7. The zero-order valence-electron chi connectivity index (χ0n) is 39.8. The van der Waals surface area contributed by atoms with Crippen molar-refractivity contribution < 1.29 is 66.5 Å². The summed E-state index contributed by atoms with van der Waals surface area (Å²) in [7, 11) is 0. The molecule has 0 spiro atoms. The average molecular weight is 968 g/mol. The Hall–Kier alpha value is -2.77. The molecule has 2 heterocycles. The molecule has 2 saturated heterocycles. The minimum atomic E-state index is -0.239. The summed E-state index contributed by atoms with van der Waals surface area (Å²) in [6.45, 7) is 14.1. The van der Waals surface area contributed by atoms with Gasteiger partial charge in [0, 0.05) is 50.1 Å². The molecule has 7 amide bonds. The lowest BCUT2D eigenvalue weighted by Gasteiger charge is -2.16. The molecule has 66 heavy (non-hydrogen) atoms. The molecule has 0 aromatic rings. The lowest BCUT2D eigenvalue weighted by atomic mass is 10.0. The zero-order valence-corrected chi connectivity index (χ0v) is 40.6. The molecule has 0 radical (unpaired) electrons. The Morgan fingerprint density at radius 3 is 1.27 bits per heavy atom. The number of thioether (sulfide) groups is 1. The molecule has 7 N–H and O–H groups in total. The van der Waals surface area contributed by atoms with Crippen molar-refractivity contribution in [3.8, 4) is 0 Å². The molecular weight excluding hydrogens is 883 g/mol. The molecule has 386 valence electrons. The van der Waals surface area contributed by atoms with Crippen molar-refractivity contribution in [1.82, 2.24) is 37.2 Å². The lowest BCUT2D eigenvalue weighted by Crippen LogP contribution is -2.38. The van der Waals surface area contributed by atoms with Gasteiger partial charge in [0.1, 0.15) is 0 Å². The van der Waals surface area contributed by atoms with E-state index in [9.17, 15) is 19.2 Å². The van der Waals surface area contributed by atoms with Crippen LogP contribution in [0, 0.1) is 0 Å². The number of hydrogen-bond acceptors (Lipinski definition) is 15. The number of ether oxygens (including phenoxy) is 10. The predicted octanol–water partition coefficient (Wildman–Crippen LogP) is 1.95. The van der Waals surface area contributed by atoms with Gasteiger partial charge in [0.25, 0.3) is 0 Å². The van der Waals surface area contributed by atoms with Crippen LogP contribution in [0.5, 0.6) is 0 Å². The fourth-order valence-corrected chi connectivity index (χ4v) is 8.02. The Balaban J connectivity index is 1.14. The Morgan fingerprint density at radius 2 is 0.848 bits per heavy atom. The van der Waals surface area contributed by atoms with Gasteiger partial charge >= 0.3 is 18.1 Å². The van der Waals surface area contributed by atoms with Crippen LogP contribution in [0.1, 0.15) is 71.1 Å². The molecule has 2 fully saturated rings. The van der Waals surface area contributed by atoms with Crippen LogP contribution in [-0.4, -0.2) is 212 Å². The summed E-state index contributed by atoms with van der Waals surface area (Å²) in [6.07, 6.45) is 9.38. The van der Waals surface area contributed by atoms with Crippen LogP contribution in [0.15, 0.2) is 0 Å². The number of carbonyl (C=O) groups excluding carboxylic acids is 4. The van der Waals surface area contributed by atoms with Gasteiger partial charge in [-0.2, -0.15) is 11.8 Å². The second-order valence-electron chi connectivity index (χ2n) is 15.5. The van der Waals surface area contributed by atoms with Crippen LogP contribution in [-0.2, 0) is 52.2 Å². The first kappa shape index (κ1) is 59.4. The van der Waals surface area contributed by atoms with Crippen molar-refractivity contribution in [1.29, 1.82) is 0 Å². The van der Waals surface area contributed by atoms with Crippen molar-refractivity contribution in [3.05, 3.63) is 0 Å². The van der Waals surface area contributed by atoms with Gasteiger partial charge in [0.2, 0.25) is 5.91 Å². The van der Waals surface area contributed by atoms with Crippen molar-refractivity contribution in [2.45, 2.75) is 88.5 Å². The normalized spacial score (nSPS) is 16.4. The maximum Gasteiger partial charge on any atom is 0.315 e. The van der Waals surface area contributed by atoms with E-state index < -0.39 is 0 Å². The minimum Gasteiger partial charge on any atom is -0.377 e. The highest BCUT2D eigenvalue weighted by Gasteiger charge is 2.42. The van der Waals surface area contributed by atoms with E-state index >= 15 is 0 Å². The number of rotatable bonds is 48. The van der Waals surface area contributed by atoms with E-state index in [1.165, 1.54) is 12.8 Å². The van der Waals surface area contributed by atoms with Gasteiger partial charge in [-0.05, 0) is 32.1 Å². The molecule has 2 rings (SSSR count). The maximum atomic E-state index is 12.1. The molecule has 2 aliphatic rings. The molecule has 0 aromatic carbocycles. The monoisotopic (exact) mass is 968 g/mol. The molecule has 22 heteroatoms. The summed E-state index contributed by atoms with van der Waals surface area (Å²) in [5, 5.41) is 20.5. The molecule has 0 saturated carbocycles. The van der Waals surface area contributed by atoms with Gasteiger partial charge in [-0.25, -0.2) is 14.4 Å². The minimum absolute atomic E-state index is 0.0379. The number of urea groups is 3. The van der Waals surface area contributed by atoms with Gasteiger partial charge in [0.05, 0.1) is 144 Å². The second-order valence-corrected chi connectivity index (χ2v) is 16.7. The highest BCUT2D eigenvalue weighted by atomic mass is 32.2. The number of unbranched alkanes of at least 4 members (excludes halogenated alkanes) is 5. The summed E-state index contributed by atoms with van der Waals surface area (Å²) in [6, 6.07) is 0.0172. The summed E-state index contributed by atoms with van der Waals surface area (Å²) < 4.78 is 55.0. The number of fused-ring (bicyclic) bond motifs is 1. The number of hydrogen-bond donors (Lipinski definition) is 7. The van der Waals surface area contributed by atoms with Gasteiger partial charge in [-0.3, -0.25) is 4.79 Å². The standard InChI is InChI=1S/C44H85N7O14S/c1-2-3-4-7-12-46-42(53)47-13-8-9-14-48-43(54)49-16-18-57-20-22-59-24-26-61-28-30-63-32-34-65-36-35-64-33-31-62-29-27-60-25-23-58-21-19-56-17-15-45-40(52)11-6-5-10-39-41-38(37-66-39)50-44(55)51-41/h38-39,41H,2-37H2,1H3,(H,45,52)(H2,46,47,53)(H2,48,49,54)(H2,50,51,55). The highest BCUT2D eigenvalue weighted by Crippen LogP contribution is 2.33. The van der Waals surface area contributed by atoms with E-state index in [-0.39, 0.29) is 36.1 Å². The first-order valence-electron chi connectivity index (χ1n) is 24.3. The first-order chi connectivity index (χ1) is 32.5. The molecule has 21 nitrogen and oxygen atoms in total. The van der Waals surface area contributed by atoms with Gasteiger partial charge < -0.3 is 84.6 Å². The Labute approximate surface area is 397 Å². The Kier molecular flexibility index (Phi) is 40.2. The van der Waals surface area contributed by atoms with E-state index in [4.69, 9.17) is 47.4 Å². The van der Waals surface area contributed by atoms with Crippen LogP contribution in [0.25, 0.3) is 0 Å². The van der Waals surface area contributed by atoms with E-state index in [2.05, 4.69) is 44.1 Å². The second kappa shape index (κ2) is 44.7. The van der Waals surface area contributed by atoms with E-state index in [1.807, 2.05) is 11.8 Å². The lowest BCUT2D eigenvalue weighted by molar-refractivity contribution is -0.121. The van der Waals surface area contributed by atoms with Crippen molar-refractivity contribution >= 4 is 35.8 Å². The number of carbonyl (C=O) groups is 4. The molecule has 3 atom stereocenters. The molecule has 2 aliphatic heterocycles. The Bertz CT molecular complexity index is 1190. The van der Waals surface area contributed by atoms with Gasteiger partial charge in [-0.15, -0.1) is 0 Å². The third kappa shape index (κ3) is 36.3. The average Bonchev–Trinajstić information content (AvgIpc) is 3.87. The maximum absolute atomic E-state index is 12.1.